The van der Waals surface area contributed by atoms with E-state index in [2.05, 4.69) is 5.32 Å². The molecular weight excluding hydrogens is 264 g/mol. The van der Waals surface area contributed by atoms with Crippen LogP contribution in [0.25, 0.3) is 10.9 Å². The van der Waals surface area contributed by atoms with Gasteiger partial charge in [0.2, 0.25) is 5.91 Å². The molecule has 0 unspecified atom stereocenters. The van der Waals surface area contributed by atoms with E-state index < -0.39 is 0 Å². The van der Waals surface area contributed by atoms with Crippen molar-refractivity contribution in [3.63, 3.8) is 0 Å². The number of nitrogens with zero attached hydrogens (tertiary/aromatic N) is 1. The molecule has 0 aliphatic rings. The Morgan fingerprint density at radius 1 is 0.952 bits per heavy atom. The summed E-state index contributed by atoms with van der Waals surface area (Å²) in [5.74, 6) is -0.130. The molecule has 0 aliphatic carbocycles. The summed E-state index contributed by atoms with van der Waals surface area (Å²) in [6.07, 6.45) is 1.65. The Labute approximate surface area is 121 Å². The highest BCUT2D eigenvalue weighted by Crippen LogP contribution is 2.10. The van der Waals surface area contributed by atoms with Crippen LogP contribution in [0.5, 0.6) is 0 Å². The van der Waals surface area contributed by atoms with Crippen molar-refractivity contribution in [2.75, 3.05) is 5.32 Å². The number of pyridine rings is 1. The minimum absolute atomic E-state index is 0.0367. The minimum Gasteiger partial charge on any atom is -0.338 e. The van der Waals surface area contributed by atoms with Crippen LogP contribution in [0.1, 0.15) is 0 Å². The minimum atomic E-state index is -0.130. The number of anilines is 1. The molecule has 1 aromatic heterocycles. The fourth-order valence-corrected chi connectivity index (χ4v) is 2.27. The lowest BCUT2D eigenvalue weighted by molar-refractivity contribution is -0.116. The molecule has 4 nitrogen and oxygen atoms in total. The van der Waals surface area contributed by atoms with Crippen LogP contribution in [0.15, 0.2) is 71.7 Å². The van der Waals surface area contributed by atoms with Crippen LogP contribution < -0.4 is 10.7 Å². The number of hydrogen-bond acceptors (Lipinski definition) is 2. The van der Waals surface area contributed by atoms with Crippen molar-refractivity contribution in [3.05, 3.63) is 77.1 Å². The fraction of sp³-hybridized carbons (Fsp3) is 0.0588. The summed E-state index contributed by atoms with van der Waals surface area (Å²) in [6, 6.07) is 18.1. The average molecular weight is 278 g/mol. The molecule has 3 rings (SSSR count). The van der Waals surface area contributed by atoms with Gasteiger partial charge in [-0.1, -0.05) is 30.3 Å². The first-order valence-electron chi connectivity index (χ1n) is 6.67. The summed E-state index contributed by atoms with van der Waals surface area (Å²) < 4.78 is 1.77. The number of nitrogens with one attached hydrogen (secondary N) is 1. The normalized spacial score (nSPS) is 10.5. The zero-order valence-corrected chi connectivity index (χ0v) is 11.3. The van der Waals surface area contributed by atoms with Crippen molar-refractivity contribution in [2.24, 2.45) is 0 Å². The Bertz CT molecular complexity index is 838. The monoisotopic (exact) mass is 278 g/mol. The topological polar surface area (TPSA) is 51.1 Å². The van der Waals surface area contributed by atoms with Gasteiger partial charge in [0, 0.05) is 23.3 Å². The van der Waals surface area contributed by atoms with E-state index in [4.69, 9.17) is 0 Å². The molecule has 0 saturated carbocycles. The maximum atomic E-state index is 12.1. The number of benzene rings is 2. The molecule has 21 heavy (non-hydrogen) atoms. The van der Waals surface area contributed by atoms with Gasteiger partial charge in [0.25, 0.3) is 0 Å². The predicted octanol–water partition coefficient (Wildman–Crippen LogP) is 2.64. The average Bonchev–Trinajstić information content (AvgIpc) is 2.51. The van der Waals surface area contributed by atoms with Crippen LogP contribution >= 0.6 is 0 Å². The molecule has 3 aromatic rings. The highest BCUT2D eigenvalue weighted by atomic mass is 16.2. The Kier molecular flexibility index (Phi) is 3.51. The molecule has 4 heteroatoms. The second-order valence-electron chi connectivity index (χ2n) is 4.74. The summed E-state index contributed by atoms with van der Waals surface area (Å²) in [7, 11) is 0. The van der Waals surface area contributed by atoms with Gasteiger partial charge in [-0.05, 0) is 24.3 Å². The van der Waals surface area contributed by atoms with Crippen molar-refractivity contribution in [2.45, 2.75) is 6.54 Å². The maximum Gasteiger partial charge on any atom is 0.244 e. The number of para-hydroxylation sites is 2. The van der Waals surface area contributed by atoms with Gasteiger partial charge in [-0.2, -0.15) is 0 Å². The number of aromatic nitrogens is 1. The number of carbonyl (C=O) groups excluding carboxylic acids is 1. The van der Waals surface area contributed by atoms with E-state index in [1.165, 1.54) is 6.07 Å². The molecule has 0 atom stereocenters. The van der Waals surface area contributed by atoms with E-state index in [0.29, 0.717) is 5.39 Å². The Morgan fingerprint density at radius 3 is 2.48 bits per heavy atom. The quantitative estimate of drug-likeness (QED) is 0.800. The van der Waals surface area contributed by atoms with Crippen LogP contribution in [-0.4, -0.2) is 10.5 Å². The predicted molar refractivity (Wildman–Crippen MR) is 83.3 cm³/mol. The fourth-order valence-electron chi connectivity index (χ4n) is 2.27. The lowest BCUT2D eigenvalue weighted by Gasteiger charge is -2.11. The first kappa shape index (κ1) is 13.1. The van der Waals surface area contributed by atoms with Crippen molar-refractivity contribution >= 4 is 22.5 Å². The van der Waals surface area contributed by atoms with Gasteiger partial charge >= 0.3 is 0 Å². The smallest absolute Gasteiger partial charge is 0.244 e. The van der Waals surface area contributed by atoms with Crippen LogP contribution in [0, 0.1) is 0 Å². The van der Waals surface area contributed by atoms with E-state index in [1.807, 2.05) is 48.5 Å². The van der Waals surface area contributed by atoms with Crippen LogP contribution in [0.3, 0.4) is 0 Å². The summed E-state index contributed by atoms with van der Waals surface area (Å²) >= 11 is 0. The third-order valence-electron chi connectivity index (χ3n) is 3.26. The molecule has 2 aromatic carbocycles. The third-order valence-corrected chi connectivity index (χ3v) is 3.26. The van der Waals surface area contributed by atoms with E-state index in [-0.39, 0.29) is 17.9 Å². The largest absolute Gasteiger partial charge is 0.338 e. The SMILES string of the molecule is O=C(Cn1ccc(=O)c2ccccc21)Nc1ccccc1. The molecule has 1 amide bonds. The Hall–Kier alpha value is -2.88. The first-order valence-corrected chi connectivity index (χ1v) is 6.67. The summed E-state index contributed by atoms with van der Waals surface area (Å²) in [4.78, 5) is 23.9. The molecule has 0 bridgehead atoms. The van der Waals surface area contributed by atoms with Crippen LogP contribution in [0.4, 0.5) is 5.69 Å². The Morgan fingerprint density at radius 2 is 1.67 bits per heavy atom. The molecule has 0 saturated heterocycles. The lowest BCUT2D eigenvalue weighted by Crippen LogP contribution is -2.20. The lowest BCUT2D eigenvalue weighted by atomic mass is 10.2. The number of fused-ring (bicyclic) bond motifs is 1. The van der Waals surface area contributed by atoms with Gasteiger partial charge < -0.3 is 9.88 Å². The molecule has 0 spiro atoms. The highest BCUT2D eigenvalue weighted by Gasteiger charge is 2.06. The standard InChI is InChI=1S/C17H14N2O2/c20-16-10-11-19(15-9-5-4-8-14(15)16)12-17(21)18-13-6-2-1-3-7-13/h1-11H,12H2,(H,18,21). The van der Waals surface area contributed by atoms with E-state index >= 15 is 0 Å². The number of carbonyl (C=O) groups is 1. The van der Waals surface area contributed by atoms with Gasteiger partial charge in [-0.15, -0.1) is 0 Å². The van der Waals surface area contributed by atoms with Crippen molar-refractivity contribution in [1.82, 2.24) is 4.57 Å². The first-order chi connectivity index (χ1) is 10.2. The number of hydrogen-bond donors (Lipinski definition) is 1. The number of amides is 1. The van der Waals surface area contributed by atoms with Crippen LogP contribution in [-0.2, 0) is 11.3 Å². The summed E-state index contributed by atoms with van der Waals surface area (Å²) in [6.45, 7) is 0.162. The second-order valence-corrected chi connectivity index (χ2v) is 4.74. The van der Waals surface area contributed by atoms with Crippen molar-refractivity contribution in [3.8, 4) is 0 Å². The summed E-state index contributed by atoms with van der Waals surface area (Å²) in [5, 5.41) is 3.45. The molecule has 1 N–H and O–H groups in total. The van der Waals surface area contributed by atoms with Crippen molar-refractivity contribution < 1.29 is 4.79 Å². The van der Waals surface area contributed by atoms with Gasteiger partial charge in [0.05, 0.1) is 5.52 Å². The van der Waals surface area contributed by atoms with Crippen LogP contribution in [0.2, 0.25) is 0 Å². The Balaban J connectivity index is 1.87. The molecule has 0 fully saturated rings. The molecular formula is C17H14N2O2. The zero-order chi connectivity index (χ0) is 14.7. The highest BCUT2D eigenvalue weighted by molar-refractivity contribution is 5.91. The zero-order valence-electron chi connectivity index (χ0n) is 11.3. The third kappa shape index (κ3) is 2.84. The van der Waals surface area contributed by atoms with Gasteiger partial charge in [-0.25, -0.2) is 0 Å². The second kappa shape index (κ2) is 5.63. The summed E-state index contributed by atoms with van der Waals surface area (Å²) in [5.41, 5.74) is 1.48. The van der Waals surface area contributed by atoms with E-state index in [1.54, 1.807) is 16.8 Å². The molecule has 1 heterocycles. The van der Waals surface area contributed by atoms with Gasteiger partial charge in [-0.3, -0.25) is 9.59 Å². The van der Waals surface area contributed by atoms with Crippen molar-refractivity contribution in [1.29, 1.82) is 0 Å². The molecule has 104 valence electrons. The van der Waals surface area contributed by atoms with E-state index in [9.17, 15) is 9.59 Å². The molecule has 0 aliphatic heterocycles. The van der Waals surface area contributed by atoms with Gasteiger partial charge in [0.1, 0.15) is 6.54 Å². The maximum absolute atomic E-state index is 12.1. The molecule has 0 radical (unpaired) electrons. The van der Waals surface area contributed by atoms with Gasteiger partial charge in [0.15, 0.2) is 5.43 Å². The van der Waals surface area contributed by atoms with E-state index in [0.717, 1.165) is 11.2 Å². The number of rotatable bonds is 3.